The Balaban J connectivity index is 1.73. The fourth-order valence-corrected chi connectivity index (χ4v) is 2.72. The number of imidazole rings is 1. The summed E-state index contributed by atoms with van der Waals surface area (Å²) in [7, 11) is 0. The molecule has 0 saturated heterocycles. The monoisotopic (exact) mass is 326 g/mol. The van der Waals surface area contributed by atoms with Crippen LogP contribution in [0.4, 0.5) is 4.39 Å². The molecule has 2 aromatic heterocycles. The molecule has 1 amide bonds. The van der Waals surface area contributed by atoms with E-state index in [1.807, 2.05) is 12.1 Å². The topological polar surface area (TPSA) is 59.8 Å². The van der Waals surface area contributed by atoms with Gasteiger partial charge in [0.2, 0.25) is 0 Å². The first kappa shape index (κ1) is 16.1. The molecule has 2 heterocycles. The maximum absolute atomic E-state index is 13.6. The number of hydrogen-bond acceptors (Lipinski definition) is 3. The Labute approximate surface area is 139 Å². The fraction of sp³-hybridized carbons (Fsp3) is 0.278. The Morgan fingerprint density at radius 1 is 1.25 bits per heavy atom. The number of amides is 1. The van der Waals surface area contributed by atoms with Crippen LogP contribution in [0.25, 0.3) is 11.2 Å². The molecule has 0 aliphatic heterocycles. The van der Waals surface area contributed by atoms with Gasteiger partial charge in [0.25, 0.3) is 5.91 Å². The summed E-state index contributed by atoms with van der Waals surface area (Å²) in [5.74, 6) is -0.0837. The number of aromatic nitrogens is 3. The van der Waals surface area contributed by atoms with E-state index < -0.39 is 11.7 Å². The molecule has 0 fully saturated rings. The molecular formula is C18H19FN4O. The molecular weight excluding hydrogens is 307 g/mol. The van der Waals surface area contributed by atoms with E-state index in [2.05, 4.69) is 33.7 Å². The second-order valence-corrected chi connectivity index (χ2v) is 5.82. The molecule has 5 nitrogen and oxygen atoms in total. The molecule has 0 aliphatic carbocycles. The highest BCUT2D eigenvalue weighted by atomic mass is 19.1. The molecule has 0 saturated carbocycles. The largest absolute Gasteiger partial charge is 0.351 e. The van der Waals surface area contributed by atoms with Crippen molar-refractivity contribution < 1.29 is 9.18 Å². The van der Waals surface area contributed by atoms with Gasteiger partial charge in [-0.15, -0.1) is 0 Å². The third-order valence-corrected chi connectivity index (χ3v) is 3.79. The molecule has 0 unspecified atom stereocenters. The molecule has 1 aromatic carbocycles. The summed E-state index contributed by atoms with van der Waals surface area (Å²) in [4.78, 5) is 21.0. The highest BCUT2D eigenvalue weighted by molar-refractivity contribution is 5.94. The van der Waals surface area contributed by atoms with E-state index in [9.17, 15) is 9.18 Å². The summed E-state index contributed by atoms with van der Waals surface area (Å²) in [5, 5.41) is 2.75. The summed E-state index contributed by atoms with van der Waals surface area (Å²) in [6.45, 7) is 4.51. The molecule has 0 aliphatic rings. The Bertz CT molecular complexity index is 872. The molecule has 0 bridgehead atoms. The minimum Gasteiger partial charge on any atom is -0.351 e. The van der Waals surface area contributed by atoms with Gasteiger partial charge in [0.15, 0.2) is 5.65 Å². The number of hydrogen-bond donors (Lipinski definition) is 1. The van der Waals surface area contributed by atoms with E-state index >= 15 is 0 Å². The summed E-state index contributed by atoms with van der Waals surface area (Å²) >= 11 is 0. The molecule has 3 rings (SSSR count). The van der Waals surface area contributed by atoms with Gasteiger partial charge in [-0.3, -0.25) is 4.79 Å². The fourth-order valence-electron chi connectivity index (χ4n) is 2.72. The summed E-state index contributed by atoms with van der Waals surface area (Å²) in [6, 6.07) is 9.93. The smallest absolute Gasteiger partial charge is 0.254 e. The molecule has 124 valence electrons. The molecule has 24 heavy (non-hydrogen) atoms. The number of carbonyl (C=O) groups excluding carboxylic acids is 1. The first-order chi connectivity index (χ1) is 11.6. The van der Waals surface area contributed by atoms with Gasteiger partial charge in [0, 0.05) is 25.2 Å². The summed E-state index contributed by atoms with van der Waals surface area (Å²) < 4.78 is 15.7. The highest BCUT2D eigenvalue weighted by Gasteiger charge is 2.15. The van der Waals surface area contributed by atoms with Crippen molar-refractivity contribution in [3.8, 4) is 0 Å². The number of pyridine rings is 1. The van der Waals surface area contributed by atoms with Crippen LogP contribution in [0.5, 0.6) is 0 Å². The first-order valence-electron chi connectivity index (χ1n) is 7.92. The van der Waals surface area contributed by atoms with E-state index in [1.54, 1.807) is 18.3 Å². The van der Waals surface area contributed by atoms with Crippen LogP contribution in [0.1, 0.15) is 36.1 Å². The summed E-state index contributed by atoms with van der Waals surface area (Å²) in [6.07, 6.45) is 2.29. The van der Waals surface area contributed by atoms with Crippen LogP contribution in [-0.2, 0) is 6.42 Å². The zero-order valence-electron chi connectivity index (χ0n) is 13.7. The van der Waals surface area contributed by atoms with Gasteiger partial charge in [-0.05, 0) is 38.1 Å². The van der Waals surface area contributed by atoms with Gasteiger partial charge in [-0.25, -0.2) is 14.4 Å². The van der Waals surface area contributed by atoms with Crippen LogP contribution in [-0.4, -0.2) is 27.0 Å². The Hall–Kier alpha value is -2.76. The third kappa shape index (κ3) is 3.13. The van der Waals surface area contributed by atoms with Crippen LogP contribution in [0, 0.1) is 5.82 Å². The maximum atomic E-state index is 13.6. The van der Waals surface area contributed by atoms with Gasteiger partial charge < -0.3 is 9.88 Å². The second kappa shape index (κ2) is 6.78. The Morgan fingerprint density at radius 3 is 2.79 bits per heavy atom. The standard InChI is InChI=1S/C18H19FN4O/c1-12(2)23-16(22-15-8-5-10-20-17(15)23)9-11-21-18(24)13-6-3-4-7-14(13)19/h3-8,10,12H,9,11H2,1-2H3,(H,21,24). The SMILES string of the molecule is CC(C)n1c(CCNC(=O)c2ccccc2F)nc2cccnc21. The van der Waals surface area contributed by atoms with E-state index in [4.69, 9.17) is 0 Å². The predicted molar refractivity (Wildman–Crippen MR) is 90.4 cm³/mol. The van der Waals surface area contributed by atoms with Gasteiger partial charge in [-0.2, -0.15) is 0 Å². The maximum Gasteiger partial charge on any atom is 0.254 e. The van der Waals surface area contributed by atoms with Crippen molar-refractivity contribution in [1.82, 2.24) is 19.9 Å². The number of nitrogens with one attached hydrogen (secondary N) is 1. The lowest BCUT2D eigenvalue weighted by molar-refractivity contribution is 0.0950. The molecule has 0 spiro atoms. The van der Waals surface area contributed by atoms with Crippen molar-refractivity contribution in [2.24, 2.45) is 0 Å². The Morgan fingerprint density at radius 2 is 2.04 bits per heavy atom. The van der Waals surface area contributed by atoms with Crippen LogP contribution >= 0.6 is 0 Å². The van der Waals surface area contributed by atoms with Crippen LogP contribution in [0.15, 0.2) is 42.6 Å². The molecule has 1 N–H and O–H groups in total. The van der Waals surface area contributed by atoms with Crippen molar-refractivity contribution in [2.75, 3.05) is 6.54 Å². The minimum absolute atomic E-state index is 0.0523. The number of fused-ring (bicyclic) bond motifs is 1. The predicted octanol–water partition coefficient (Wildman–Crippen LogP) is 3.12. The summed E-state index contributed by atoms with van der Waals surface area (Å²) in [5.41, 5.74) is 1.72. The van der Waals surface area contributed by atoms with Gasteiger partial charge in [0.05, 0.1) is 5.56 Å². The van der Waals surface area contributed by atoms with E-state index in [-0.39, 0.29) is 11.6 Å². The molecule has 0 radical (unpaired) electrons. The van der Waals surface area contributed by atoms with Gasteiger partial charge >= 0.3 is 0 Å². The van der Waals surface area contributed by atoms with Crippen molar-refractivity contribution in [2.45, 2.75) is 26.3 Å². The quantitative estimate of drug-likeness (QED) is 0.783. The minimum atomic E-state index is -0.520. The van der Waals surface area contributed by atoms with Crippen LogP contribution in [0.3, 0.4) is 0 Å². The average molecular weight is 326 g/mol. The zero-order valence-corrected chi connectivity index (χ0v) is 13.7. The number of nitrogens with zero attached hydrogens (tertiary/aromatic N) is 3. The lowest BCUT2D eigenvalue weighted by Crippen LogP contribution is -2.27. The third-order valence-electron chi connectivity index (χ3n) is 3.79. The molecule has 0 atom stereocenters. The van der Waals surface area contributed by atoms with Crippen molar-refractivity contribution in [1.29, 1.82) is 0 Å². The lowest BCUT2D eigenvalue weighted by Gasteiger charge is -2.12. The first-order valence-corrected chi connectivity index (χ1v) is 7.92. The number of rotatable bonds is 5. The van der Waals surface area contributed by atoms with E-state index in [1.165, 1.54) is 12.1 Å². The number of halogens is 1. The second-order valence-electron chi connectivity index (χ2n) is 5.82. The van der Waals surface area contributed by atoms with Crippen molar-refractivity contribution in [3.63, 3.8) is 0 Å². The van der Waals surface area contributed by atoms with Crippen LogP contribution < -0.4 is 5.32 Å². The van der Waals surface area contributed by atoms with E-state index in [0.717, 1.165) is 17.0 Å². The van der Waals surface area contributed by atoms with Crippen LogP contribution in [0.2, 0.25) is 0 Å². The number of benzene rings is 1. The van der Waals surface area contributed by atoms with Gasteiger partial charge in [0.1, 0.15) is 17.2 Å². The molecule has 3 aromatic rings. The van der Waals surface area contributed by atoms with Crippen molar-refractivity contribution >= 4 is 17.1 Å². The lowest BCUT2D eigenvalue weighted by atomic mass is 10.2. The molecule has 6 heteroatoms. The zero-order chi connectivity index (χ0) is 17.1. The van der Waals surface area contributed by atoms with E-state index in [0.29, 0.717) is 13.0 Å². The van der Waals surface area contributed by atoms with Crippen molar-refractivity contribution in [3.05, 3.63) is 59.8 Å². The Kier molecular flexibility index (Phi) is 4.55. The number of carbonyl (C=O) groups is 1. The van der Waals surface area contributed by atoms with Gasteiger partial charge in [-0.1, -0.05) is 12.1 Å². The normalized spacial score (nSPS) is 11.2. The highest BCUT2D eigenvalue weighted by Crippen LogP contribution is 2.19. The average Bonchev–Trinajstić information content (AvgIpc) is 2.93.